The van der Waals surface area contributed by atoms with Gasteiger partial charge in [0.05, 0.1) is 10.6 Å². The number of aliphatic hydroxyl groups is 1. The van der Waals surface area contributed by atoms with Crippen molar-refractivity contribution in [2.45, 2.75) is 36.8 Å². The van der Waals surface area contributed by atoms with Gasteiger partial charge < -0.3 is 10.4 Å². The minimum absolute atomic E-state index is 0.143. The van der Waals surface area contributed by atoms with Crippen LogP contribution in [0, 0.1) is 0 Å². The predicted molar refractivity (Wildman–Crippen MR) is 71.8 cm³/mol. The SMILES string of the molecule is CCSc1cc(C(=O)NCC2(O)CCC2)ccn1. The number of rotatable bonds is 5. The molecule has 1 amide bonds. The molecule has 1 saturated carbocycles. The summed E-state index contributed by atoms with van der Waals surface area (Å²) in [6.07, 6.45) is 4.24. The molecule has 0 aliphatic heterocycles. The van der Waals surface area contributed by atoms with Gasteiger partial charge in [0.15, 0.2) is 0 Å². The molecular weight excluding hydrogens is 248 g/mol. The van der Waals surface area contributed by atoms with Gasteiger partial charge in [0.1, 0.15) is 0 Å². The Balaban J connectivity index is 1.93. The van der Waals surface area contributed by atoms with Crippen LogP contribution in [-0.4, -0.2) is 33.9 Å². The Morgan fingerprint density at radius 3 is 3.00 bits per heavy atom. The number of amides is 1. The van der Waals surface area contributed by atoms with E-state index < -0.39 is 5.60 Å². The highest BCUT2D eigenvalue weighted by Gasteiger charge is 2.34. The second kappa shape index (κ2) is 5.71. The molecular formula is C13H18N2O2S. The fourth-order valence-corrected chi connectivity index (χ4v) is 2.53. The van der Waals surface area contributed by atoms with Crippen molar-refractivity contribution in [2.24, 2.45) is 0 Å². The standard InChI is InChI=1S/C13H18N2O2S/c1-2-18-11-8-10(4-7-14-11)12(16)15-9-13(17)5-3-6-13/h4,7-8,17H,2-3,5-6,9H2,1H3,(H,15,16). The molecule has 2 rings (SSSR count). The number of carbonyl (C=O) groups excluding carboxylic acids is 1. The lowest BCUT2D eigenvalue weighted by Crippen LogP contribution is -2.47. The second-order valence-corrected chi connectivity index (χ2v) is 5.86. The van der Waals surface area contributed by atoms with Crippen molar-refractivity contribution >= 4 is 17.7 Å². The van der Waals surface area contributed by atoms with Crippen molar-refractivity contribution in [3.8, 4) is 0 Å². The van der Waals surface area contributed by atoms with E-state index in [1.54, 1.807) is 30.1 Å². The molecule has 4 nitrogen and oxygen atoms in total. The summed E-state index contributed by atoms with van der Waals surface area (Å²) in [5.74, 6) is 0.786. The molecule has 1 heterocycles. The molecule has 98 valence electrons. The summed E-state index contributed by atoms with van der Waals surface area (Å²) < 4.78 is 0. The quantitative estimate of drug-likeness (QED) is 0.798. The minimum Gasteiger partial charge on any atom is -0.388 e. The Morgan fingerprint density at radius 1 is 1.61 bits per heavy atom. The van der Waals surface area contributed by atoms with E-state index in [1.807, 2.05) is 6.92 Å². The highest BCUT2D eigenvalue weighted by Crippen LogP contribution is 2.30. The monoisotopic (exact) mass is 266 g/mol. The normalized spacial score (nSPS) is 17.0. The van der Waals surface area contributed by atoms with Gasteiger partial charge in [0.25, 0.3) is 5.91 Å². The average Bonchev–Trinajstić information content (AvgIpc) is 2.34. The number of aromatic nitrogens is 1. The van der Waals surface area contributed by atoms with Gasteiger partial charge in [-0.25, -0.2) is 4.98 Å². The lowest BCUT2D eigenvalue weighted by atomic mass is 9.80. The van der Waals surface area contributed by atoms with Crippen molar-refractivity contribution < 1.29 is 9.90 Å². The second-order valence-electron chi connectivity index (χ2n) is 4.58. The molecule has 1 aromatic rings. The first-order chi connectivity index (χ1) is 8.63. The van der Waals surface area contributed by atoms with Crippen LogP contribution < -0.4 is 5.32 Å². The summed E-state index contributed by atoms with van der Waals surface area (Å²) in [6.45, 7) is 2.38. The Bertz CT molecular complexity index is 433. The van der Waals surface area contributed by atoms with Crippen molar-refractivity contribution in [1.82, 2.24) is 10.3 Å². The summed E-state index contributed by atoms with van der Waals surface area (Å²) in [4.78, 5) is 16.1. The maximum Gasteiger partial charge on any atom is 0.251 e. The third-order valence-corrected chi connectivity index (χ3v) is 3.96. The molecule has 2 N–H and O–H groups in total. The average molecular weight is 266 g/mol. The van der Waals surface area contributed by atoms with Crippen LogP contribution in [0.1, 0.15) is 36.5 Å². The van der Waals surface area contributed by atoms with Crippen molar-refractivity contribution in [1.29, 1.82) is 0 Å². The van der Waals surface area contributed by atoms with Gasteiger partial charge in [0, 0.05) is 18.3 Å². The van der Waals surface area contributed by atoms with Gasteiger partial charge in [-0.2, -0.15) is 0 Å². The molecule has 18 heavy (non-hydrogen) atoms. The molecule has 1 fully saturated rings. The third-order valence-electron chi connectivity index (χ3n) is 3.15. The van der Waals surface area contributed by atoms with E-state index in [0.29, 0.717) is 12.1 Å². The van der Waals surface area contributed by atoms with Gasteiger partial charge in [-0.15, -0.1) is 11.8 Å². The molecule has 1 aromatic heterocycles. The Morgan fingerprint density at radius 2 is 2.39 bits per heavy atom. The maximum absolute atomic E-state index is 11.9. The zero-order valence-corrected chi connectivity index (χ0v) is 11.3. The first kappa shape index (κ1) is 13.4. The van der Waals surface area contributed by atoms with E-state index in [9.17, 15) is 9.90 Å². The number of pyridine rings is 1. The number of carbonyl (C=O) groups is 1. The van der Waals surface area contributed by atoms with Crippen LogP contribution in [0.2, 0.25) is 0 Å². The Kier molecular flexibility index (Phi) is 4.24. The molecule has 1 aliphatic carbocycles. The minimum atomic E-state index is -0.677. The topological polar surface area (TPSA) is 62.2 Å². The van der Waals surface area contributed by atoms with Crippen LogP contribution in [0.15, 0.2) is 23.4 Å². The fraction of sp³-hybridized carbons (Fsp3) is 0.538. The smallest absolute Gasteiger partial charge is 0.251 e. The summed E-state index contributed by atoms with van der Waals surface area (Å²) in [5, 5.41) is 13.6. The van der Waals surface area contributed by atoms with Gasteiger partial charge in [-0.1, -0.05) is 6.92 Å². The van der Waals surface area contributed by atoms with E-state index in [4.69, 9.17) is 0 Å². The summed E-state index contributed by atoms with van der Waals surface area (Å²) in [6, 6.07) is 3.48. The number of nitrogens with zero attached hydrogens (tertiary/aromatic N) is 1. The Labute approximate surface area is 111 Å². The molecule has 0 unspecified atom stereocenters. The van der Waals surface area contributed by atoms with Gasteiger partial charge in [0.2, 0.25) is 0 Å². The van der Waals surface area contributed by atoms with E-state index in [0.717, 1.165) is 30.0 Å². The molecule has 0 aromatic carbocycles. The van der Waals surface area contributed by atoms with Crippen LogP contribution in [0.5, 0.6) is 0 Å². The summed E-state index contributed by atoms with van der Waals surface area (Å²) in [7, 11) is 0. The van der Waals surface area contributed by atoms with E-state index >= 15 is 0 Å². The van der Waals surface area contributed by atoms with Crippen molar-refractivity contribution in [3.63, 3.8) is 0 Å². The Hall–Kier alpha value is -1.07. The molecule has 5 heteroatoms. The fourth-order valence-electron chi connectivity index (χ4n) is 1.89. The lowest BCUT2D eigenvalue weighted by Gasteiger charge is -2.36. The molecule has 0 radical (unpaired) electrons. The van der Waals surface area contributed by atoms with Gasteiger partial charge in [-0.05, 0) is 37.1 Å². The van der Waals surface area contributed by atoms with Crippen molar-refractivity contribution in [2.75, 3.05) is 12.3 Å². The van der Waals surface area contributed by atoms with Crippen LogP contribution in [-0.2, 0) is 0 Å². The zero-order valence-electron chi connectivity index (χ0n) is 10.5. The van der Waals surface area contributed by atoms with E-state index in [-0.39, 0.29) is 5.91 Å². The maximum atomic E-state index is 11.9. The van der Waals surface area contributed by atoms with Crippen LogP contribution >= 0.6 is 11.8 Å². The van der Waals surface area contributed by atoms with E-state index in [2.05, 4.69) is 10.3 Å². The highest BCUT2D eigenvalue weighted by atomic mass is 32.2. The van der Waals surface area contributed by atoms with Gasteiger partial charge in [-0.3, -0.25) is 4.79 Å². The first-order valence-electron chi connectivity index (χ1n) is 6.22. The predicted octanol–water partition coefficient (Wildman–Crippen LogP) is 1.84. The lowest BCUT2D eigenvalue weighted by molar-refractivity contribution is -0.0300. The van der Waals surface area contributed by atoms with Crippen molar-refractivity contribution in [3.05, 3.63) is 23.9 Å². The van der Waals surface area contributed by atoms with Crippen LogP contribution in [0.25, 0.3) is 0 Å². The molecule has 0 atom stereocenters. The van der Waals surface area contributed by atoms with Crippen LogP contribution in [0.4, 0.5) is 0 Å². The number of hydrogen-bond donors (Lipinski definition) is 2. The zero-order chi connectivity index (χ0) is 13.0. The summed E-state index contributed by atoms with van der Waals surface area (Å²) in [5.41, 5.74) is -0.0761. The number of hydrogen-bond acceptors (Lipinski definition) is 4. The third kappa shape index (κ3) is 3.23. The first-order valence-corrected chi connectivity index (χ1v) is 7.21. The molecule has 0 bridgehead atoms. The highest BCUT2D eigenvalue weighted by molar-refractivity contribution is 7.99. The summed E-state index contributed by atoms with van der Waals surface area (Å²) >= 11 is 1.61. The van der Waals surface area contributed by atoms with Gasteiger partial charge >= 0.3 is 0 Å². The molecule has 1 aliphatic rings. The molecule has 0 saturated heterocycles. The number of thioether (sulfide) groups is 1. The largest absolute Gasteiger partial charge is 0.388 e. The van der Waals surface area contributed by atoms with Crippen LogP contribution in [0.3, 0.4) is 0 Å². The number of nitrogens with one attached hydrogen (secondary N) is 1. The molecule has 0 spiro atoms. The van der Waals surface area contributed by atoms with E-state index in [1.165, 1.54) is 0 Å².